The van der Waals surface area contributed by atoms with E-state index < -0.39 is 0 Å². The maximum Gasteiger partial charge on any atom is 0.130 e. The van der Waals surface area contributed by atoms with Crippen LogP contribution in [0.3, 0.4) is 0 Å². The fraction of sp³-hybridized carbons (Fsp3) is 0.462. The highest BCUT2D eigenvalue weighted by molar-refractivity contribution is 6.00. The second kappa shape index (κ2) is 5.01. The van der Waals surface area contributed by atoms with Gasteiger partial charge in [-0.1, -0.05) is 12.1 Å². The Hall–Kier alpha value is -1.51. The molecule has 0 aliphatic rings. The molecule has 0 heterocycles. The van der Waals surface area contributed by atoms with Crippen LogP contribution in [0.5, 0.6) is 5.75 Å². The number of amidine groups is 1. The van der Waals surface area contributed by atoms with Gasteiger partial charge in [-0.05, 0) is 39.8 Å². The molecule has 0 aromatic heterocycles. The molecule has 1 aromatic rings. The van der Waals surface area contributed by atoms with Crippen LogP contribution in [0.15, 0.2) is 29.3 Å². The lowest BCUT2D eigenvalue weighted by Gasteiger charge is -2.15. The topological polar surface area (TPSA) is 47.6 Å². The molecular weight excluding hydrogens is 200 g/mol. The van der Waals surface area contributed by atoms with Gasteiger partial charge in [-0.15, -0.1) is 0 Å². The maximum absolute atomic E-state index is 5.98. The van der Waals surface area contributed by atoms with Crippen molar-refractivity contribution in [3.63, 3.8) is 0 Å². The predicted molar refractivity (Wildman–Crippen MR) is 68.1 cm³/mol. The third-order valence-corrected chi connectivity index (χ3v) is 1.92. The monoisotopic (exact) mass is 220 g/mol. The first-order valence-electron chi connectivity index (χ1n) is 5.51. The number of nitrogens with two attached hydrogens (primary N) is 1. The third-order valence-electron chi connectivity index (χ3n) is 1.92. The Morgan fingerprint density at radius 2 is 1.94 bits per heavy atom. The van der Waals surface area contributed by atoms with Gasteiger partial charge in [0.1, 0.15) is 11.6 Å². The highest BCUT2D eigenvalue weighted by Crippen LogP contribution is 2.19. The van der Waals surface area contributed by atoms with Crippen LogP contribution in [0.2, 0.25) is 0 Å². The van der Waals surface area contributed by atoms with Crippen molar-refractivity contribution in [2.75, 3.05) is 6.61 Å². The second-order valence-corrected chi connectivity index (χ2v) is 4.60. The van der Waals surface area contributed by atoms with E-state index in [1.807, 2.05) is 52.0 Å². The van der Waals surface area contributed by atoms with Crippen LogP contribution in [0, 0.1) is 0 Å². The first-order chi connectivity index (χ1) is 7.44. The average molecular weight is 220 g/mol. The van der Waals surface area contributed by atoms with Gasteiger partial charge in [-0.3, -0.25) is 4.99 Å². The van der Waals surface area contributed by atoms with E-state index in [0.717, 1.165) is 11.3 Å². The van der Waals surface area contributed by atoms with Crippen molar-refractivity contribution >= 4 is 5.84 Å². The smallest absolute Gasteiger partial charge is 0.130 e. The normalized spacial score (nSPS) is 12.6. The summed E-state index contributed by atoms with van der Waals surface area (Å²) in [6, 6.07) is 7.70. The van der Waals surface area contributed by atoms with Gasteiger partial charge in [0.15, 0.2) is 0 Å². The highest BCUT2D eigenvalue weighted by atomic mass is 16.5. The molecule has 0 unspecified atom stereocenters. The summed E-state index contributed by atoms with van der Waals surface area (Å²) in [4.78, 5) is 4.44. The molecule has 1 rings (SSSR count). The first-order valence-corrected chi connectivity index (χ1v) is 5.51. The van der Waals surface area contributed by atoms with E-state index in [2.05, 4.69) is 4.99 Å². The van der Waals surface area contributed by atoms with E-state index in [4.69, 9.17) is 10.5 Å². The van der Waals surface area contributed by atoms with E-state index in [-0.39, 0.29) is 5.54 Å². The summed E-state index contributed by atoms with van der Waals surface area (Å²) < 4.78 is 5.51. The van der Waals surface area contributed by atoms with Gasteiger partial charge < -0.3 is 10.5 Å². The van der Waals surface area contributed by atoms with E-state index in [9.17, 15) is 0 Å². The minimum Gasteiger partial charge on any atom is -0.493 e. The molecule has 3 heteroatoms. The van der Waals surface area contributed by atoms with Crippen LogP contribution in [-0.4, -0.2) is 18.0 Å². The SMILES string of the molecule is CCOc1ccccc1C(N)=NC(C)(C)C. The Bertz CT molecular complexity index is 378. The summed E-state index contributed by atoms with van der Waals surface area (Å²) in [5, 5.41) is 0. The fourth-order valence-electron chi connectivity index (χ4n) is 1.38. The Morgan fingerprint density at radius 1 is 1.31 bits per heavy atom. The summed E-state index contributed by atoms with van der Waals surface area (Å²) in [6.45, 7) is 8.63. The summed E-state index contributed by atoms with van der Waals surface area (Å²) in [5.74, 6) is 1.31. The Morgan fingerprint density at radius 3 is 2.50 bits per heavy atom. The standard InChI is InChI=1S/C13H20N2O/c1-5-16-11-9-7-6-8-10(11)12(14)15-13(2,3)4/h6-9H,5H2,1-4H3,(H2,14,15). The van der Waals surface area contributed by atoms with Crippen molar-refractivity contribution in [2.24, 2.45) is 10.7 Å². The Labute approximate surface area is 97.3 Å². The lowest BCUT2D eigenvalue weighted by Crippen LogP contribution is -2.22. The molecule has 1 aromatic carbocycles. The van der Waals surface area contributed by atoms with Crippen LogP contribution >= 0.6 is 0 Å². The lowest BCUT2D eigenvalue weighted by molar-refractivity contribution is 0.339. The van der Waals surface area contributed by atoms with Gasteiger partial charge in [-0.25, -0.2) is 0 Å². The molecule has 88 valence electrons. The molecule has 0 bridgehead atoms. The van der Waals surface area contributed by atoms with Crippen molar-refractivity contribution in [2.45, 2.75) is 33.2 Å². The van der Waals surface area contributed by atoms with E-state index >= 15 is 0 Å². The van der Waals surface area contributed by atoms with Crippen molar-refractivity contribution in [1.82, 2.24) is 0 Å². The van der Waals surface area contributed by atoms with Gasteiger partial charge in [0, 0.05) is 0 Å². The molecule has 0 fully saturated rings. The Balaban J connectivity index is 3.08. The van der Waals surface area contributed by atoms with Gasteiger partial charge in [0.2, 0.25) is 0 Å². The molecule has 16 heavy (non-hydrogen) atoms. The minimum atomic E-state index is -0.177. The lowest BCUT2D eigenvalue weighted by atomic mass is 10.1. The molecule has 0 atom stereocenters. The number of hydrogen-bond donors (Lipinski definition) is 1. The second-order valence-electron chi connectivity index (χ2n) is 4.60. The Kier molecular flexibility index (Phi) is 3.93. The van der Waals surface area contributed by atoms with Crippen molar-refractivity contribution in [1.29, 1.82) is 0 Å². The largest absolute Gasteiger partial charge is 0.493 e. The first kappa shape index (κ1) is 12.6. The van der Waals surface area contributed by atoms with Crippen molar-refractivity contribution < 1.29 is 4.74 Å². The van der Waals surface area contributed by atoms with Gasteiger partial charge in [0.25, 0.3) is 0 Å². The van der Waals surface area contributed by atoms with Crippen LogP contribution in [-0.2, 0) is 0 Å². The van der Waals surface area contributed by atoms with Gasteiger partial charge in [0.05, 0.1) is 17.7 Å². The van der Waals surface area contributed by atoms with Crippen molar-refractivity contribution in [3.8, 4) is 5.75 Å². The van der Waals surface area contributed by atoms with Crippen LogP contribution < -0.4 is 10.5 Å². The number of para-hydroxylation sites is 1. The zero-order valence-electron chi connectivity index (χ0n) is 10.4. The number of ether oxygens (including phenoxy) is 1. The average Bonchev–Trinajstić information content (AvgIpc) is 2.16. The molecule has 0 amide bonds. The van der Waals surface area contributed by atoms with E-state index in [1.165, 1.54) is 0 Å². The quantitative estimate of drug-likeness (QED) is 0.628. The number of hydrogen-bond acceptors (Lipinski definition) is 2. The third kappa shape index (κ3) is 3.57. The zero-order valence-corrected chi connectivity index (χ0v) is 10.4. The molecule has 0 radical (unpaired) electrons. The number of aliphatic imine (C=N–C) groups is 1. The molecule has 0 aliphatic carbocycles. The summed E-state index contributed by atoms with van der Waals surface area (Å²) in [7, 11) is 0. The fourth-order valence-corrected chi connectivity index (χ4v) is 1.38. The zero-order chi connectivity index (χ0) is 12.2. The molecule has 3 nitrogen and oxygen atoms in total. The number of nitrogens with zero attached hydrogens (tertiary/aromatic N) is 1. The van der Waals surface area contributed by atoms with Crippen LogP contribution in [0.4, 0.5) is 0 Å². The summed E-state index contributed by atoms with van der Waals surface area (Å²) in [6.07, 6.45) is 0. The predicted octanol–water partition coefficient (Wildman–Crippen LogP) is 2.59. The molecule has 0 aliphatic heterocycles. The molecular formula is C13H20N2O. The number of rotatable bonds is 3. The van der Waals surface area contributed by atoms with Crippen LogP contribution in [0.25, 0.3) is 0 Å². The molecule has 0 spiro atoms. The molecule has 2 N–H and O–H groups in total. The minimum absolute atomic E-state index is 0.177. The van der Waals surface area contributed by atoms with Crippen molar-refractivity contribution in [3.05, 3.63) is 29.8 Å². The summed E-state index contributed by atoms with van der Waals surface area (Å²) in [5.41, 5.74) is 6.67. The number of benzene rings is 1. The van der Waals surface area contributed by atoms with E-state index in [1.54, 1.807) is 0 Å². The van der Waals surface area contributed by atoms with Crippen LogP contribution in [0.1, 0.15) is 33.3 Å². The van der Waals surface area contributed by atoms with E-state index in [0.29, 0.717) is 12.4 Å². The highest BCUT2D eigenvalue weighted by Gasteiger charge is 2.12. The van der Waals surface area contributed by atoms with Gasteiger partial charge in [-0.2, -0.15) is 0 Å². The van der Waals surface area contributed by atoms with Gasteiger partial charge >= 0.3 is 0 Å². The summed E-state index contributed by atoms with van der Waals surface area (Å²) >= 11 is 0. The molecule has 0 saturated heterocycles. The maximum atomic E-state index is 5.98. The molecule has 0 saturated carbocycles.